The monoisotopic (exact) mass is 280 g/mol. The third-order valence-electron chi connectivity index (χ3n) is 4.33. The van der Waals surface area contributed by atoms with Gasteiger partial charge in [0.15, 0.2) is 0 Å². The van der Waals surface area contributed by atoms with Crippen LogP contribution < -0.4 is 0 Å². The van der Waals surface area contributed by atoms with E-state index in [2.05, 4.69) is 21.0 Å². The first kappa shape index (κ1) is 11.6. The molecule has 1 unspecified atom stereocenters. The van der Waals surface area contributed by atoms with Gasteiger partial charge in [-0.1, -0.05) is 0 Å². The predicted molar refractivity (Wildman–Crippen MR) is 70.6 cm³/mol. The number of nitrogens with zero attached hydrogens (tertiary/aromatic N) is 2. The molecule has 3 heterocycles. The topological polar surface area (TPSA) is 17.8 Å². The molecule has 0 radical (unpaired) electrons. The van der Waals surface area contributed by atoms with E-state index in [0.29, 0.717) is 6.42 Å². The number of imidazole rings is 1. The highest BCUT2D eigenvalue weighted by atomic mass is 32.1. The van der Waals surface area contributed by atoms with Gasteiger partial charge in [-0.2, -0.15) is 0 Å². The van der Waals surface area contributed by atoms with Gasteiger partial charge in [0.25, 0.3) is 0 Å². The van der Waals surface area contributed by atoms with Crippen molar-refractivity contribution in [1.82, 2.24) is 9.55 Å². The van der Waals surface area contributed by atoms with Crippen molar-refractivity contribution in [2.75, 3.05) is 0 Å². The largest absolute Gasteiger partial charge is 0.322 e. The normalized spacial score (nSPS) is 28.1. The molecule has 1 aliphatic heterocycles. The van der Waals surface area contributed by atoms with Crippen molar-refractivity contribution in [3.05, 3.63) is 28.8 Å². The molecule has 2 aromatic rings. The summed E-state index contributed by atoms with van der Waals surface area (Å²) in [5.74, 6) is -2.47. The first-order valence-electron chi connectivity index (χ1n) is 6.63. The van der Waals surface area contributed by atoms with E-state index in [-0.39, 0.29) is 24.8 Å². The average molecular weight is 280 g/mol. The summed E-state index contributed by atoms with van der Waals surface area (Å²) < 4.78 is 29.5. The van der Waals surface area contributed by atoms with Gasteiger partial charge in [0.1, 0.15) is 0 Å². The number of hydrogen-bond donors (Lipinski definition) is 0. The number of aromatic nitrogens is 2. The Bertz CT molecular complexity index is 576. The Kier molecular flexibility index (Phi) is 2.37. The number of thiophene rings is 1. The van der Waals surface area contributed by atoms with Crippen molar-refractivity contribution in [2.24, 2.45) is 5.92 Å². The minimum Gasteiger partial charge on any atom is -0.322 e. The number of alkyl halides is 2. The fraction of sp³-hybridized carbons (Fsp3) is 0.500. The van der Waals surface area contributed by atoms with Gasteiger partial charge in [-0.25, -0.2) is 13.8 Å². The second-order valence-corrected chi connectivity index (χ2v) is 6.49. The summed E-state index contributed by atoms with van der Waals surface area (Å²) in [5, 5.41) is 2.05. The molecule has 2 nitrogen and oxygen atoms in total. The minimum atomic E-state index is -2.50. The fourth-order valence-corrected chi connectivity index (χ4v) is 4.64. The van der Waals surface area contributed by atoms with Crippen molar-refractivity contribution in [1.29, 1.82) is 0 Å². The van der Waals surface area contributed by atoms with E-state index in [9.17, 15) is 8.78 Å². The Morgan fingerprint density at radius 3 is 3.16 bits per heavy atom. The van der Waals surface area contributed by atoms with E-state index >= 15 is 0 Å². The highest BCUT2D eigenvalue weighted by molar-refractivity contribution is 7.10. The summed E-state index contributed by atoms with van der Waals surface area (Å²) in [6.07, 6.45) is 5.19. The van der Waals surface area contributed by atoms with Crippen molar-refractivity contribution in [3.8, 4) is 11.3 Å². The molecule has 2 atom stereocenters. The molecule has 0 bridgehead atoms. The van der Waals surface area contributed by atoms with Crippen molar-refractivity contribution in [3.63, 3.8) is 0 Å². The standard InChI is InChI=1S/C14H14F2N2S/c15-14(16)4-1-2-9(6-14)12-13-10(3-5-19-13)11-7-17-8-18(11)12/h3,5,7-9,12H,1-2,4,6H2/t9?,12-/m0/s1. The lowest BCUT2D eigenvalue weighted by molar-refractivity contribution is -0.0576. The predicted octanol–water partition coefficient (Wildman–Crippen LogP) is 4.34. The van der Waals surface area contributed by atoms with Gasteiger partial charge in [-0.05, 0) is 30.2 Å². The van der Waals surface area contributed by atoms with E-state index in [1.165, 1.54) is 10.4 Å². The van der Waals surface area contributed by atoms with Gasteiger partial charge < -0.3 is 4.57 Å². The van der Waals surface area contributed by atoms with E-state index in [1.54, 1.807) is 17.7 Å². The van der Waals surface area contributed by atoms with Crippen LogP contribution in [0.1, 0.15) is 36.6 Å². The van der Waals surface area contributed by atoms with Crippen molar-refractivity contribution in [2.45, 2.75) is 37.6 Å². The van der Waals surface area contributed by atoms with Gasteiger partial charge >= 0.3 is 0 Å². The van der Waals surface area contributed by atoms with Crippen molar-refractivity contribution < 1.29 is 8.78 Å². The molecule has 5 heteroatoms. The van der Waals surface area contributed by atoms with Crippen LogP contribution in [0.2, 0.25) is 0 Å². The van der Waals surface area contributed by atoms with Crippen LogP contribution in [-0.4, -0.2) is 15.5 Å². The van der Waals surface area contributed by atoms with E-state index < -0.39 is 5.92 Å². The third kappa shape index (κ3) is 1.67. The molecule has 100 valence electrons. The lowest BCUT2D eigenvalue weighted by Gasteiger charge is -2.33. The highest BCUT2D eigenvalue weighted by Crippen LogP contribution is 2.51. The summed E-state index contributed by atoms with van der Waals surface area (Å²) in [7, 11) is 0. The van der Waals surface area contributed by atoms with Crippen LogP contribution in [0.3, 0.4) is 0 Å². The maximum atomic E-state index is 13.7. The smallest absolute Gasteiger partial charge is 0.248 e. The molecule has 0 spiro atoms. The molecular weight excluding hydrogens is 266 g/mol. The van der Waals surface area contributed by atoms with Crippen LogP contribution in [0, 0.1) is 5.92 Å². The Morgan fingerprint density at radius 1 is 1.42 bits per heavy atom. The van der Waals surface area contributed by atoms with Crippen molar-refractivity contribution >= 4 is 11.3 Å². The summed E-state index contributed by atoms with van der Waals surface area (Å²) in [4.78, 5) is 5.42. The molecule has 1 fully saturated rings. The summed E-state index contributed by atoms with van der Waals surface area (Å²) in [5.41, 5.74) is 2.26. The molecule has 19 heavy (non-hydrogen) atoms. The van der Waals surface area contributed by atoms with Gasteiger partial charge in [0, 0.05) is 23.3 Å². The Hall–Kier alpha value is -1.23. The lowest BCUT2D eigenvalue weighted by atomic mass is 9.81. The van der Waals surface area contributed by atoms with Gasteiger partial charge in [0.2, 0.25) is 5.92 Å². The van der Waals surface area contributed by atoms with E-state index in [4.69, 9.17) is 0 Å². The average Bonchev–Trinajstić information content (AvgIpc) is 2.98. The third-order valence-corrected chi connectivity index (χ3v) is 5.32. The number of fused-ring (bicyclic) bond motifs is 3. The molecule has 2 aromatic heterocycles. The zero-order valence-corrected chi connectivity index (χ0v) is 11.2. The SMILES string of the molecule is FC1(F)CCCC([C@H]2c3sccc3-c3cncn32)C1. The molecule has 1 aliphatic carbocycles. The quantitative estimate of drug-likeness (QED) is 0.759. The number of hydrogen-bond acceptors (Lipinski definition) is 2. The lowest BCUT2D eigenvalue weighted by Crippen LogP contribution is -2.30. The summed E-state index contributed by atoms with van der Waals surface area (Å²) in [6, 6.07) is 2.15. The summed E-state index contributed by atoms with van der Waals surface area (Å²) >= 11 is 1.68. The minimum absolute atomic E-state index is 0.00657. The Balaban J connectivity index is 1.76. The van der Waals surface area contributed by atoms with Crippen LogP contribution in [0.4, 0.5) is 8.78 Å². The molecule has 4 rings (SSSR count). The Labute approximate surface area is 114 Å². The highest BCUT2D eigenvalue weighted by Gasteiger charge is 2.43. The first-order chi connectivity index (χ1) is 9.16. The number of rotatable bonds is 1. The molecular formula is C14H14F2N2S. The molecule has 0 saturated heterocycles. The van der Waals surface area contributed by atoms with Crippen LogP contribution in [-0.2, 0) is 0 Å². The molecule has 1 saturated carbocycles. The van der Waals surface area contributed by atoms with Crippen LogP contribution >= 0.6 is 11.3 Å². The number of halogens is 2. The van der Waals surface area contributed by atoms with E-state index in [1.807, 2.05) is 6.20 Å². The van der Waals surface area contributed by atoms with Crippen LogP contribution in [0.15, 0.2) is 24.0 Å². The summed E-state index contributed by atoms with van der Waals surface area (Å²) in [6.45, 7) is 0. The van der Waals surface area contributed by atoms with Gasteiger partial charge in [-0.15, -0.1) is 11.3 Å². The van der Waals surface area contributed by atoms with Crippen LogP contribution in [0.25, 0.3) is 11.3 Å². The molecule has 0 N–H and O–H groups in total. The zero-order valence-electron chi connectivity index (χ0n) is 10.4. The van der Waals surface area contributed by atoms with E-state index in [0.717, 1.165) is 12.1 Å². The first-order valence-corrected chi connectivity index (χ1v) is 7.51. The molecule has 0 amide bonds. The molecule has 2 aliphatic rings. The second-order valence-electron chi connectivity index (χ2n) is 5.54. The molecule has 0 aromatic carbocycles. The maximum absolute atomic E-state index is 13.7. The van der Waals surface area contributed by atoms with Gasteiger partial charge in [-0.3, -0.25) is 0 Å². The zero-order chi connectivity index (χ0) is 13.0. The Morgan fingerprint density at radius 2 is 2.32 bits per heavy atom. The maximum Gasteiger partial charge on any atom is 0.248 e. The second kappa shape index (κ2) is 3.88. The fourth-order valence-electron chi connectivity index (χ4n) is 3.54. The van der Waals surface area contributed by atoms with Gasteiger partial charge in [0.05, 0.1) is 24.3 Å². The van der Waals surface area contributed by atoms with Crippen LogP contribution in [0.5, 0.6) is 0 Å².